The van der Waals surface area contributed by atoms with Crippen molar-refractivity contribution < 1.29 is 24.2 Å². The van der Waals surface area contributed by atoms with Crippen LogP contribution in [0.4, 0.5) is 0 Å². The van der Waals surface area contributed by atoms with Gasteiger partial charge in [-0.05, 0) is 25.8 Å². The number of carbonyl (C=O) groups is 2. The number of ether oxygens (including phenoxy) is 2. The van der Waals surface area contributed by atoms with Crippen LogP contribution in [-0.4, -0.2) is 36.9 Å². The summed E-state index contributed by atoms with van der Waals surface area (Å²) in [4.78, 5) is 24.6. The SMILES string of the molecule is CCOC(=O)C(C(=O)OCC)C(C/C=C\CO)c1ccccc1. The summed E-state index contributed by atoms with van der Waals surface area (Å²) in [6, 6.07) is 9.30. The second-order valence-electron chi connectivity index (χ2n) is 4.89. The van der Waals surface area contributed by atoms with Crippen LogP contribution in [0.1, 0.15) is 31.7 Å². The van der Waals surface area contributed by atoms with E-state index in [4.69, 9.17) is 14.6 Å². The molecular formula is C18H24O5. The van der Waals surface area contributed by atoms with Crippen molar-refractivity contribution in [2.75, 3.05) is 19.8 Å². The standard InChI is InChI=1S/C18H24O5/c1-3-22-17(20)16(18(21)23-4-2)15(12-8-9-13-19)14-10-6-5-7-11-14/h5-11,15-16,19H,3-4,12-13H2,1-2H3/b9-8-. The number of aliphatic hydroxyl groups excluding tert-OH is 1. The highest BCUT2D eigenvalue weighted by Crippen LogP contribution is 2.31. The number of allylic oxidation sites excluding steroid dienone is 1. The molecule has 1 aromatic carbocycles. The molecule has 0 amide bonds. The lowest BCUT2D eigenvalue weighted by Crippen LogP contribution is -2.33. The molecule has 0 aliphatic carbocycles. The maximum absolute atomic E-state index is 12.3. The third kappa shape index (κ3) is 5.87. The number of aliphatic hydroxyl groups is 1. The Labute approximate surface area is 136 Å². The van der Waals surface area contributed by atoms with Crippen LogP contribution < -0.4 is 0 Å². The summed E-state index contributed by atoms with van der Waals surface area (Å²) in [6.45, 7) is 3.70. The minimum Gasteiger partial charge on any atom is -0.465 e. The van der Waals surface area contributed by atoms with Crippen LogP contribution in [0, 0.1) is 5.92 Å². The Kier molecular flexibility index (Phi) is 8.68. The molecule has 0 fully saturated rings. The highest BCUT2D eigenvalue weighted by molar-refractivity contribution is 5.96. The predicted molar refractivity (Wildman–Crippen MR) is 86.8 cm³/mol. The van der Waals surface area contributed by atoms with E-state index in [1.165, 1.54) is 0 Å². The van der Waals surface area contributed by atoms with E-state index in [-0.39, 0.29) is 19.8 Å². The predicted octanol–water partition coefficient (Wildman–Crippen LogP) is 2.45. The fourth-order valence-corrected chi connectivity index (χ4v) is 2.37. The van der Waals surface area contributed by atoms with E-state index < -0.39 is 23.8 Å². The fraction of sp³-hybridized carbons (Fsp3) is 0.444. The molecule has 1 N–H and O–H groups in total. The van der Waals surface area contributed by atoms with Gasteiger partial charge in [0.2, 0.25) is 0 Å². The topological polar surface area (TPSA) is 72.8 Å². The van der Waals surface area contributed by atoms with Crippen LogP contribution >= 0.6 is 0 Å². The van der Waals surface area contributed by atoms with Crippen molar-refractivity contribution in [1.82, 2.24) is 0 Å². The lowest BCUT2D eigenvalue weighted by molar-refractivity contribution is -0.162. The minimum atomic E-state index is -1.03. The first-order chi connectivity index (χ1) is 11.2. The zero-order valence-electron chi connectivity index (χ0n) is 13.6. The van der Waals surface area contributed by atoms with Gasteiger partial charge in [0, 0.05) is 5.92 Å². The highest BCUT2D eigenvalue weighted by Gasteiger charge is 2.37. The van der Waals surface area contributed by atoms with Gasteiger partial charge in [0.1, 0.15) is 0 Å². The molecule has 0 spiro atoms. The van der Waals surface area contributed by atoms with Crippen molar-refractivity contribution in [3.05, 3.63) is 48.0 Å². The molecule has 0 aliphatic rings. The molecule has 0 heterocycles. The molecule has 23 heavy (non-hydrogen) atoms. The summed E-state index contributed by atoms with van der Waals surface area (Å²) >= 11 is 0. The number of hydrogen-bond donors (Lipinski definition) is 1. The van der Waals surface area contributed by atoms with Gasteiger partial charge in [-0.3, -0.25) is 9.59 Å². The largest absolute Gasteiger partial charge is 0.465 e. The Morgan fingerprint density at radius 1 is 1.04 bits per heavy atom. The molecule has 1 unspecified atom stereocenters. The van der Waals surface area contributed by atoms with Gasteiger partial charge < -0.3 is 14.6 Å². The summed E-state index contributed by atoms with van der Waals surface area (Å²) in [5.74, 6) is -2.60. The number of hydrogen-bond acceptors (Lipinski definition) is 5. The molecule has 0 aromatic heterocycles. The van der Waals surface area contributed by atoms with Gasteiger partial charge in [-0.15, -0.1) is 0 Å². The first-order valence-corrected chi connectivity index (χ1v) is 7.79. The monoisotopic (exact) mass is 320 g/mol. The van der Waals surface area contributed by atoms with Crippen molar-refractivity contribution in [3.8, 4) is 0 Å². The molecule has 0 bridgehead atoms. The van der Waals surface area contributed by atoms with E-state index in [1.54, 1.807) is 26.0 Å². The third-order valence-corrected chi connectivity index (χ3v) is 3.37. The highest BCUT2D eigenvalue weighted by atomic mass is 16.6. The molecule has 5 heteroatoms. The molecule has 0 aliphatic heterocycles. The van der Waals surface area contributed by atoms with Crippen molar-refractivity contribution in [3.63, 3.8) is 0 Å². The Morgan fingerprint density at radius 3 is 2.09 bits per heavy atom. The second-order valence-corrected chi connectivity index (χ2v) is 4.89. The minimum absolute atomic E-state index is 0.0923. The van der Waals surface area contributed by atoms with E-state index >= 15 is 0 Å². The zero-order chi connectivity index (χ0) is 17.1. The lowest BCUT2D eigenvalue weighted by Gasteiger charge is -2.23. The molecule has 126 valence electrons. The van der Waals surface area contributed by atoms with Crippen LogP contribution in [0.15, 0.2) is 42.5 Å². The smallest absolute Gasteiger partial charge is 0.320 e. The first kappa shape index (κ1) is 18.9. The second kappa shape index (κ2) is 10.6. The van der Waals surface area contributed by atoms with Crippen molar-refractivity contribution in [2.45, 2.75) is 26.2 Å². The Balaban J connectivity index is 3.16. The maximum atomic E-state index is 12.3. The third-order valence-electron chi connectivity index (χ3n) is 3.37. The molecule has 0 radical (unpaired) electrons. The summed E-state index contributed by atoms with van der Waals surface area (Å²) in [5, 5.41) is 8.91. The number of rotatable bonds is 9. The molecule has 0 saturated carbocycles. The Hall–Kier alpha value is -2.14. The van der Waals surface area contributed by atoms with Gasteiger partial charge in [0.25, 0.3) is 0 Å². The van der Waals surface area contributed by atoms with Gasteiger partial charge in [0.05, 0.1) is 19.8 Å². The zero-order valence-corrected chi connectivity index (χ0v) is 13.6. The summed E-state index contributed by atoms with van der Waals surface area (Å²) in [5.41, 5.74) is 0.848. The average Bonchev–Trinajstić information content (AvgIpc) is 2.55. The van der Waals surface area contributed by atoms with Crippen LogP contribution in [-0.2, 0) is 19.1 Å². The number of carbonyl (C=O) groups excluding carboxylic acids is 2. The average molecular weight is 320 g/mol. The van der Waals surface area contributed by atoms with Crippen molar-refractivity contribution in [1.29, 1.82) is 0 Å². The van der Waals surface area contributed by atoms with E-state index in [0.717, 1.165) is 5.56 Å². The van der Waals surface area contributed by atoms with E-state index in [1.807, 2.05) is 30.3 Å². The fourth-order valence-electron chi connectivity index (χ4n) is 2.37. The van der Waals surface area contributed by atoms with Crippen LogP contribution in [0.5, 0.6) is 0 Å². The summed E-state index contributed by atoms with van der Waals surface area (Å²) in [7, 11) is 0. The first-order valence-electron chi connectivity index (χ1n) is 7.79. The summed E-state index contributed by atoms with van der Waals surface area (Å²) < 4.78 is 10.1. The molecule has 1 aromatic rings. The van der Waals surface area contributed by atoms with Crippen molar-refractivity contribution in [2.24, 2.45) is 5.92 Å². The van der Waals surface area contributed by atoms with E-state index in [2.05, 4.69) is 0 Å². The Morgan fingerprint density at radius 2 is 1.61 bits per heavy atom. The molecule has 1 atom stereocenters. The molecule has 0 saturated heterocycles. The molecule has 5 nitrogen and oxygen atoms in total. The van der Waals surface area contributed by atoms with Gasteiger partial charge in [-0.2, -0.15) is 0 Å². The molecule has 1 rings (SSSR count). The molecular weight excluding hydrogens is 296 g/mol. The van der Waals surface area contributed by atoms with Gasteiger partial charge in [0.15, 0.2) is 5.92 Å². The van der Waals surface area contributed by atoms with E-state index in [9.17, 15) is 9.59 Å². The van der Waals surface area contributed by atoms with Crippen LogP contribution in [0.2, 0.25) is 0 Å². The van der Waals surface area contributed by atoms with Gasteiger partial charge in [-0.25, -0.2) is 0 Å². The van der Waals surface area contributed by atoms with Crippen molar-refractivity contribution >= 4 is 11.9 Å². The van der Waals surface area contributed by atoms with Gasteiger partial charge in [-0.1, -0.05) is 42.5 Å². The Bertz CT molecular complexity index is 491. The summed E-state index contributed by atoms with van der Waals surface area (Å²) in [6.07, 6.45) is 3.76. The number of benzene rings is 1. The van der Waals surface area contributed by atoms with Crippen LogP contribution in [0.25, 0.3) is 0 Å². The van der Waals surface area contributed by atoms with Gasteiger partial charge >= 0.3 is 11.9 Å². The van der Waals surface area contributed by atoms with Crippen LogP contribution in [0.3, 0.4) is 0 Å². The number of esters is 2. The lowest BCUT2D eigenvalue weighted by atomic mass is 9.83. The van der Waals surface area contributed by atoms with E-state index in [0.29, 0.717) is 6.42 Å². The quantitative estimate of drug-likeness (QED) is 0.430. The maximum Gasteiger partial charge on any atom is 0.320 e. The normalized spacial score (nSPS) is 12.3.